The number of halogens is 3. The minimum absolute atomic E-state index is 0.129. The average Bonchev–Trinajstić information content (AvgIpc) is 2.27. The summed E-state index contributed by atoms with van der Waals surface area (Å²) in [5.41, 5.74) is 0.103. The molecule has 0 radical (unpaired) electrons. The Hall–Kier alpha value is -0.840. The van der Waals surface area contributed by atoms with E-state index in [0.29, 0.717) is 5.75 Å². The topological polar surface area (TPSA) is 9.23 Å². The fourth-order valence-corrected chi connectivity index (χ4v) is 2.03. The smallest absolute Gasteiger partial charge is 0.416 e. The third kappa shape index (κ3) is 3.56. The van der Waals surface area contributed by atoms with Crippen LogP contribution >= 0.6 is 12.6 Å². The van der Waals surface area contributed by atoms with Gasteiger partial charge < -0.3 is 4.74 Å². The number of rotatable bonds is 4. The van der Waals surface area contributed by atoms with Crippen molar-refractivity contribution in [2.24, 2.45) is 0 Å². The lowest BCUT2D eigenvalue weighted by atomic mass is 9.96. The molecular formula is C12H15F3OS. The van der Waals surface area contributed by atoms with Crippen molar-refractivity contribution in [3.8, 4) is 5.75 Å². The van der Waals surface area contributed by atoms with Crippen molar-refractivity contribution in [3.63, 3.8) is 0 Å². The van der Waals surface area contributed by atoms with Gasteiger partial charge in [0.05, 0.1) is 12.7 Å². The first-order valence-electron chi connectivity index (χ1n) is 5.26. The van der Waals surface area contributed by atoms with Gasteiger partial charge >= 0.3 is 6.18 Å². The Balaban J connectivity index is 3.10. The van der Waals surface area contributed by atoms with E-state index < -0.39 is 11.7 Å². The van der Waals surface area contributed by atoms with Crippen LogP contribution in [0.5, 0.6) is 5.75 Å². The molecule has 1 aromatic rings. The monoisotopic (exact) mass is 264 g/mol. The van der Waals surface area contributed by atoms with Crippen LogP contribution in [0.3, 0.4) is 0 Å². The molecule has 0 spiro atoms. The minimum atomic E-state index is -4.33. The number of benzene rings is 1. The van der Waals surface area contributed by atoms with Crippen LogP contribution in [-0.4, -0.2) is 12.9 Å². The lowest BCUT2D eigenvalue weighted by Gasteiger charge is -2.16. The molecule has 5 heteroatoms. The maximum Gasteiger partial charge on any atom is 0.416 e. The summed E-state index contributed by atoms with van der Waals surface area (Å²) in [4.78, 5) is 0. The first kappa shape index (κ1) is 14.2. The van der Waals surface area contributed by atoms with E-state index in [1.54, 1.807) is 0 Å². The second-order valence-electron chi connectivity index (χ2n) is 3.87. The Bertz CT molecular complexity index is 377. The molecule has 1 unspecified atom stereocenters. The molecule has 0 aromatic heterocycles. The number of thiol groups is 1. The molecule has 0 amide bonds. The number of hydrogen-bond acceptors (Lipinski definition) is 2. The minimum Gasteiger partial charge on any atom is -0.496 e. The van der Waals surface area contributed by atoms with Crippen molar-refractivity contribution in [1.29, 1.82) is 0 Å². The molecule has 17 heavy (non-hydrogen) atoms. The predicted molar refractivity (Wildman–Crippen MR) is 64.9 cm³/mol. The summed E-state index contributed by atoms with van der Waals surface area (Å²) >= 11 is 4.12. The van der Waals surface area contributed by atoms with E-state index in [0.717, 1.165) is 24.1 Å². The van der Waals surface area contributed by atoms with Gasteiger partial charge in [0.15, 0.2) is 0 Å². The third-order valence-electron chi connectivity index (χ3n) is 2.65. The van der Waals surface area contributed by atoms with E-state index in [1.165, 1.54) is 13.2 Å². The molecule has 0 saturated heterocycles. The summed E-state index contributed by atoms with van der Waals surface area (Å²) in [5.74, 6) is 1.10. The molecule has 96 valence electrons. The van der Waals surface area contributed by atoms with Crippen molar-refractivity contribution >= 4 is 12.6 Å². The molecule has 0 N–H and O–H groups in total. The van der Waals surface area contributed by atoms with E-state index in [9.17, 15) is 13.2 Å². The highest BCUT2D eigenvalue weighted by Gasteiger charge is 2.31. The second-order valence-corrected chi connectivity index (χ2v) is 4.32. The van der Waals surface area contributed by atoms with Crippen molar-refractivity contribution in [3.05, 3.63) is 29.3 Å². The van der Waals surface area contributed by atoms with Crippen molar-refractivity contribution in [2.75, 3.05) is 12.9 Å². The Morgan fingerprint density at radius 3 is 2.47 bits per heavy atom. The number of hydrogen-bond donors (Lipinski definition) is 1. The quantitative estimate of drug-likeness (QED) is 0.804. The van der Waals surface area contributed by atoms with Gasteiger partial charge in [0.1, 0.15) is 5.75 Å². The van der Waals surface area contributed by atoms with E-state index in [4.69, 9.17) is 4.74 Å². The number of methoxy groups -OCH3 is 1. The molecule has 1 rings (SSSR count). The Kier molecular flexibility index (Phi) is 4.74. The highest BCUT2D eigenvalue weighted by Crippen LogP contribution is 2.36. The van der Waals surface area contributed by atoms with E-state index in [-0.39, 0.29) is 11.7 Å². The van der Waals surface area contributed by atoms with Gasteiger partial charge in [-0.15, -0.1) is 0 Å². The van der Waals surface area contributed by atoms with Gasteiger partial charge in [-0.1, -0.05) is 13.0 Å². The van der Waals surface area contributed by atoms with Crippen molar-refractivity contribution in [1.82, 2.24) is 0 Å². The SMILES string of the molecule is COc1cc(C(F)(F)F)ccc1C(C)CCS. The van der Waals surface area contributed by atoms with Crippen LogP contribution in [0.4, 0.5) is 13.2 Å². The summed E-state index contributed by atoms with van der Waals surface area (Å²) in [6, 6.07) is 3.62. The molecule has 0 aliphatic heterocycles. The normalized spacial score (nSPS) is 13.5. The fourth-order valence-electron chi connectivity index (χ4n) is 1.64. The molecule has 0 fully saturated rings. The van der Waals surface area contributed by atoms with Crippen LogP contribution in [0, 0.1) is 0 Å². The summed E-state index contributed by atoms with van der Waals surface area (Å²) in [5, 5.41) is 0. The summed E-state index contributed by atoms with van der Waals surface area (Å²) in [6.07, 6.45) is -3.54. The van der Waals surface area contributed by atoms with Crippen LogP contribution in [0.25, 0.3) is 0 Å². The van der Waals surface area contributed by atoms with E-state index in [1.807, 2.05) is 6.92 Å². The molecule has 0 bridgehead atoms. The molecule has 1 nitrogen and oxygen atoms in total. The Morgan fingerprint density at radius 1 is 1.35 bits per heavy atom. The van der Waals surface area contributed by atoms with Gasteiger partial charge in [-0.3, -0.25) is 0 Å². The first-order chi connectivity index (χ1) is 7.90. The second kappa shape index (κ2) is 5.67. The Morgan fingerprint density at radius 2 is 2.00 bits per heavy atom. The van der Waals surface area contributed by atoms with Gasteiger partial charge in [0, 0.05) is 0 Å². The summed E-state index contributed by atoms with van der Waals surface area (Å²) in [7, 11) is 1.38. The zero-order valence-corrected chi connectivity index (χ0v) is 10.6. The van der Waals surface area contributed by atoms with Crippen molar-refractivity contribution in [2.45, 2.75) is 25.4 Å². The predicted octanol–water partition coefficient (Wildman–Crippen LogP) is 4.14. The molecule has 1 atom stereocenters. The van der Waals surface area contributed by atoms with Gasteiger partial charge in [-0.25, -0.2) is 0 Å². The van der Waals surface area contributed by atoms with Gasteiger partial charge in [0.2, 0.25) is 0 Å². The summed E-state index contributed by atoms with van der Waals surface area (Å²) in [6.45, 7) is 1.95. The fraction of sp³-hybridized carbons (Fsp3) is 0.500. The lowest BCUT2D eigenvalue weighted by Crippen LogP contribution is -2.07. The average molecular weight is 264 g/mol. The van der Waals surface area contributed by atoms with E-state index >= 15 is 0 Å². The van der Waals surface area contributed by atoms with E-state index in [2.05, 4.69) is 12.6 Å². The third-order valence-corrected chi connectivity index (χ3v) is 2.91. The van der Waals surface area contributed by atoms with Gasteiger partial charge in [-0.2, -0.15) is 25.8 Å². The maximum atomic E-state index is 12.5. The molecular weight excluding hydrogens is 249 g/mol. The van der Waals surface area contributed by atoms with Crippen molar-refractivity contribution < 1.29 is 17.9 Å². The Labute approximate surface area is 104 Å². The highest BCUT2D eigenvalue weighted by atomic mass is 32.1. The molecule has 0 aliphatic carbocycles. The van der Waals surface area contributed by atoms with Gasteiger partial charge in [0.25, 0.3) is 0 Å². The molecule has 1 aromatic carbocycles. The summed E-state index contributed by atoms with van der Waals surface area (Å²) < 4.78 is 42.6. The molecule has 0 saturated carbocycles. The maximum absolute atomic E-state index is 12.5. The largest absolute Gasteiger partial charge is 0.496 e. The number of alkyl halides is 3. The van der Waals surface area contributed by atoms with Crippen LogP contribution in [0.2, 0.25) is 0 Å². The van der Waals surface area contributed by atoms with Crippen LogP contribution in [0.15, 0.2) is 18.2 Å². The first-order valence-corrected chi connectivity index (χ1v) is 5.89. The standard InChI is InChI=1S/C12H15F3OS/c1-8(5-6-17)10-4-3-9(12(13,14)15)7-11(10)16-2/h3-4,7-8,17H,5-6H2,1-2H3. The highest BCUT2D eigenvalue weighted by molar-refractivity contribution is 7.80. The van der Waals surface area contributed by atoms with Gasteiger partial charge in [-0.05, 0) is 35.8 Å². The van der Waals surface area contributed by atoms with Crippen LogP contribution < -0.4 is 4.74 Å². The number of ether oxygens (including phenoxy) is 1. The molecule has 0 heterocycles. The van der Waals surface area contributed by atoms with Crippen LogP contribution in [-0.2, 0) is 6.18 Å². The zero-order valence-electron chi connectivity index (χ0n) is 9.71. The molecule has 0 aliphatic rings. The zero-order chi connectivity index (χ0) is 13.1. The van der Waals surface area contributed by atoms with Crippen LogP contribution in [0.1, 0.15) is 30.4 Å². The lowest BCUT2D eigenvalue weighted by molar-refractivity contribution is -0.137.